The van der Waals surface area contributed by atoms with Crippen LogP contribution in [0.1, 0.15) is 47.2 Å². The molecule has 1 aromatic carbocycles. The summed E-state index contributed by atoms with van der Waals surface area (Å²) in [6.07, 6.45) is 0. The van der Waals surface area contributed by atoms with Crippen LogP contribution < -0.4 is 4.74 Å². The van der Waals surface area contributed by atoms with Crippen molar-refractivity contribution < 1.29 is 14.6 Å². The first kappa shape index (κ1) is 15.0. The molecular formula is C16H18N2O3. The van der Waals surface area contributed by atoms with Crippen molar-refractivity contribution in [2.75, 3.05) is 0 Å². The van der Waals surface area contributed by atoms with Gasteiger partial charge < -0.3 is 9.84 Å². The number of carbonyl (C=O) groups is 1. The van der Waals surface area contributed by atoms with E-state index in [9.17, 15) is 9.90 Å². The molecule has 1 aromatic heterocycles. The summed E-state index contributed by atoms with van der Waals surface area (Å²) >= 11 is 0. The van der Waals surface area contributed by atoms with Gasteiger partial charge >= 0.3 is 5.97 Å². The summed E-state index contributed by atoms with van der Waals surface area (Å²) in [6.45, 7) is 7.72. The first-order valence-electron chi connectivity index (χ1n) is 6.74. The number of aromatic carboxylic acids is 1. The number of rotatable bonds is 4. The molecule has 1 heterocycles. The summed E-state index contributed by atoms with van der Waals surface area (Å²) in [5.41, 5.74) is 1.82. The fourth-order valence-electron chi connectivity index (χ4n) is 1.88. The van der Waals surface area contributed by atoms with Gasteiger partial charge in [-0.15, -0.1) is 0 Å². The molecule has 0 saturated carbocycles. The van der Waals surface area contributed by atoms with Crippen LogP contribution in [0.2, 0.25) is 0 Å². The van der Waals surface area contributed by atoms with Crippen molar-refractivity contribution in [1.29, 1.82) is 0 Å². The minimum atomic E-state index is -1.03. The maximum atomic E-state index is 11.3. The second kappa shape index (κ2) is 5.91. The second-order valence-electron chi connectivity index (χ2n) is 5.27. The van der Waals surface area contributed by atoms with Crippen molar-refractivity contribution >= 4 is 5.97 Å². The molecule has 0 aliphatic rings. The van der Waals surface area contributed by atoms with Gasteiger partial charge in [0, 0.05) is 17.7 Å². The molecule has 0 bridgehead atoms. The summed E-state index contributed by atoms with van der Waals surface area (Å²) in [5, 5.41) is 9.22. The summed E-state index contributed by atoms with van der Waals surface area (Å²) in [7, 11) is 0. The summed E-state index contributed by atoms with van der Waals surface area (Å²) in [6, 6.07) is 6.65. The van der Waals surface area contributed by atoms with Crippen LogP contribution >= 0.6 is 0 Å². The highest BCUT2D eigenvalue weighted by molar-refractivity contribution is 5.91. The van der Waals surface area contributed by atoms with E-state index >= 15 is 0 Å². The number of ether oxygens (including phenoxy) is 1. The molecule has 5 heteroatoms. The SMILES string of the molecule is Cc1ccc(C(=O)O)c(Oc2cc(C)nc(C(C)C)n2)c1. The highest BCUT2D eigenvalue weighted by atomic mass is 16.5. The number of carboxylic acid groups (broad SMARTS) is 1. The number of carboxylic acids is 1. The first-order chi connectivity index (χ1) is 9.86. The van der Waals surface area contributed by atoms with Gasteiger partial charge in [-0.2, -0.15) is 4.98 Å². The summed E-state index contributed by atoms with van der Waals surface area (Å²) < 4.78 is 5.69. The Hall–Kier alpha value is -2.43. The molecule has 0 atom stereocenters. The number of benzene rings is 1. The lowest BCUT2D eigenvalue weighted by Gasteiger charge is -2.11. The first-order valence-corrected chi connectivity index (χ1v) is 6.74. The maximum absolute atomic E-state index is 11.3. The van der Waals surface area contributed by atoms with Crippen molar-refractivity contribution in [3.63, 3.8) is 0 Å². The number of aryl methyl sites for hydroxylation is 2. The molecule has 0 radical (unpaired) electrons. The molecule has 0 saturated heterocycles. The number of aromatic nitrogens is 2. The second-order valence-corrected chi connectivity index (χ2v) is 5.27. The maximum Gasteiger partial charge on any atom is 0.339 e. The standard InChI is InChI=1S/C16H18N2O3/c1-9(2)15-17-11(4)8-14(18-15)21-13-7-10(3)5-6-12(13)16(19)20/h5-9H,1-4H3,(H,19,20). The Balaban J connectivity index is 2.42. The van der Waals surface area contributed by atoms with Crippen LogP contribution in [0.5, 0.6) is 11.6 Å². The van der Waals surface area contributed by atoms with Crippen LogP contribution in [0.15, 0.2) is 24.3 Å². The van der Waals surface area contributed by atoms with Crippen LogP contribution in [-0.4, -0.2) is 21.0 Å². The average molecular weight is 286 g/mol. The normalized spacial score (nSPS) is 10.7. The molecule has 0 spiro atoms. The van der Waals surface area contributed by atoms with E-state index in [0.29, 0.717) is 11.7 Å². The van der Waals surface area contributed by atoms with Crippen LogP contribution in [0.25, 0.3) is 0 Å². The predicted molar refractivity (Wildman–Crippen MR) is 79.1 cm³/mol. The molecule has 2 rings (SSSR count). The molecule has 0 fully saturated rings. The Morgan fingerprint density at radius 1 is 1.19 bits per heavy atom. The lowest BCUT2D eigenvalue weighted by atomic mass is 10.1. The third-order valence-electron chi connectivity index (χ3n) is 2.95. The summed E-state index contributed by atoms with van der Waals surface area (Å²) in [5.74, 6) is 0.465. The van der Waals surface area contributed by atoms with E-state index in [1.165, 1.54) is 6.07 Å². The van der Waals surface area contributed by atoms with Crippen molar-refractivity contribution in [3.05, 3.63) is 46.9 Å². The van der Waals surface area contributed by atoms with Gasteiger partial charge in [0.2, 0.25) is 5.88 Å². The molecule has 0 aliphatic carbocycles. The van der Waals surface area contributed by atoms with Crippen LogP contribution in [0.4, 0.5) is 0 Å². The van der Waals surface area contributed by atoms with Crippen LogP contribution in [0.3, 0.4) is 0 Å². The predicted octanol–water partition coefficient (Wildman–Crippen LogP) is 3.71. The summed E-state index contributed by atoms with van der Waals surface area (Å²) in [4.78, 5) is 19.9. The quantitative estimate of drug-likeness (QED) is 0.927. The Morgan fingerprint density at radius 2 is 1.90 bits per heavy atom. The van der Waals surface area contributed by atoms with E-state index in [2.05, 4.69) is 9.97 Å². The Labute approximate surface area is 123 Å². The minimum absolute atomic E-state index is 0.114. The van der Waals surface area contributed by atoms with E-state index in [1.807, 2.05) is 27.7 Å². The highest BCUT2D eigenvalue weighted by Crippen LogP contribution is 2.26. The Bertz CT molecular complexity index is 681. The van der Waals surface area contributed by atoms with Gasteiger partial charge in [-0.25, -0.2) is 9.78 Å². The van der Waals surface area contributed by atoms with E-state index in [-0.39, 0.29) is 17.2 Å². The molecule has 21 heavy (non-hydrogen) atoms. The Morgan fingerprint density at radius 3 is 2.52 bits per heavy atom. The fraction of sp³-hybridized carbons (Fsp3) is 0.312. The largest absolute Gasteiger partial charge is 0.478 e. The van der Waals surface area contributed by atoms with Gasteiger partial charge in [0.25, 0.3) is 0 Å². The third kappa shape index (κ3) is 3.56. The minimum Gasteiger partial charge on any atom is -0.478 e. The average Bonchev–Trinajstić information content (AvgIpc) is 2.37. The fourth-order valence-corrected chi connectivity index (χ4v) is 1.88. The van der Waals surface area contributed by atoms with Crippen molar-refractivity contribution in [2.24, 2.45) is 0 Å². The number of hydrogen-bond acceptors (Lipinski definition) is 4. The van der Waals surface area contributed by atoms with E-state index < -0.39 is 5.97 Å². The van der Waals surface area contributed by atoms with E-state index in [1.54, 1.807) is 18.2 Å². The molecule has 0 unspecified atom stereocenters. The van der Waals surface area contributed by atoms with Gasteiger partial charge in [0.05, 0.1) is 0 Å². The topological polar surface area (TPSA) is 72.3 Å². The monoisotopic (exact) mass is 286 g/mol. The molecule has 110 valence electrons. The van der Waals surface area contributed by atoms with E-state index in [4.69, 9.17) is 4.74 Å². The zero-order valence-electron chi connectivity index (χ0n) is 12.5. The zero-order chi connectivity index (χ0) is 15.6. The van der Waals surface area contributed by atoms with Gasteiger partial charge in [-0.1, -0.05) is 19.9 Å². The molecule has 5 nitrogen and oxygen atoms in total. The molecule has 2 aromatic rings. The van der Waals surface area contributed by atoms with Crippen molar-refractivity contribution in [2.45, 2.75) is 33.6 Å². The highest BCUT2D eigenvalue weighted by Gasteiger charge is 2.14. The van der Waals surface area contributed by atoms with Crippen molar-refractivity contribution in [3.8, 4) is 11.6 Å². The van der Waals surface area contributed by atoms with E-state index in [0.717, 1.165) is 11.3 Å². The van der Waals surface area contributed by atoms with Crippen LogP contribution in [-0.2, 0) is 0 Å². The van der Waals surface area contributed by atoms with Crippen molar-refractivity contribution in [1.82, 2.24) is 9.97 Å². The number of hydrogen-bond donors (Lipinski definition) is 1. The molecule has 1 N–H and O–H groups in total. The Kier molecular flexibility index (Phi) is 4.21. The van der Waals surface area contributed by atoms with Gasteiger partial charge in [0.1, 0.15) is 17.1 Å². The van der Waals surface area contributed by atoms with Gasteiger partial charge in [0.15, 0.2) is 0 Å². The lowest BCUT2D eigenvalue weighted by Crippen LogP contribution is -2.04. The zero-order valence-corrected chi connectivity index (χ0v) is 12.5. The van der Waals surface area contributed by atoms with Gasteiger partial charge in [-0.3, -0.25) is 0 Å². The molecule has 0 amide bonds. The molecular weight excluding hydrogens is 268 g/mol. The number of nitrogens with zero attached hydrogens (tertiary/aromatic N) is 2. The molecule has 0 aliphatic heterocycles. The third-order valence-corrected chi connectivity index (χ3v) is 2.95. The van der Waals surface area contributed by atoms with Crippen LogP contribution in [0, 0.1) is 13.8 Å². The lowest BCUT2D eigenvalue weighted by molar-refractivity contribution is 0.0694. The smallest absolute Gasteiger partial charge is 0.339 e. The van der Waals surface area contributed by atoms with Gasteiger partial charge in [-0.05, 0) is 31.5 Å².